The third-order valence-electron chi connectivity index (χ3n) is 3.30. The van der Waals surface area contributed by atoms with E-state index in [1.165, 1.54) is 18.5 Å². The summed E-state index contributed by atoms with van der Waals surface area (Å²) in [6, 6.07) is 2.62. The number of nitrogens with zero attached hydrogens (tertiary/aromatic N) is 4. The normalized spacial score (nSPS) is 15.4. The maximum Gasteiger partial charge on any atom is 0.100 e. The molecule has 1 aromatic heterocycles. The van der Waals surface area contributed by atoms with Gasteiger partial charge in [0.25, 0.3) is 0 Å². The third-order valence-corrected chi connectivity index (χ3v) is 3.30. The molecule has 1 aromatic rings. The largest absolute Gasteiger partial charge is 0.246 e. The van der Waals surface area contributed by atoms with Crippen molar-refractivity contribution in [2.45, 2.75) is 57.9 Å². The quantitative estimate of drug-likeness (QED) is 0.763. The van der Waals surface area contributed by atoms with Gasteiger partial charge in [-0.2, -0.15) is 5.26 Å². The number of nitriles is 1. The van der Waals surface area contributed by atoms with Crippen LogP contribution in [0.4, 0.5) is 0 Å². The lowest BCUT2D eigenvalue weighted by Crippen LogP contribution is -2.12. The Kier molecular flexibility index (Phi) is 3.23. The fraction of sp³-hybridized carbons (Fsp3) is 0.750. The Hall–Kier alpha value is -1.37. The lowest BCUT2D eigenvalue weighted by molar-refractivity contribution is 0.405. The van der Waals surface area contributed by atoms with Gasteiger partial charge in [0.05, 0.1) is 24.2 Å². The molecular weight excluding hydrogens is 200 g/mol. The molecule has 1 heterocycles. The lowest BCUT2D eigenvalue weighted by Gasteiger charge is -2.15. The molecule has 1 fully saturated rings. The van der Waals surface area contributed by atoms with Gasteiger partial charge in [-0.3, -0.25) is 0 Å². The molecule has 0 aromatic carbocycles. The third kappa shape index (κ3) is 1.95. The smallest absolute Gasteiger partial charge is 0.100 e. The zero-order valence-electron chi connectivity index (χ0n) is 9.98. The SMILES string of the molecule is CCC(CC)n1nnc(CC#N)c1C1CC1. The standard InChI is InChI=1S/C12H18N4/c1-3-10(4-2)16-12(9-5-6-9)11(7-8-13)14-15-16/h9-10H,3-7H2,1-2H3. The van der Waals surface area contributed by atoms with Crippen molar-refractivity contribution in [3.8, 4) is 6.07 Å². The zero-order chi connectivity index (χ0) is 11.5. The fourth-order valence-corrected chi connectivity index (χ4v) is 2.22. The summed E-state index contributed by atoms with van der Waals surface area (Å²) in [7, 11) is 0. The van der Waals surface area contributed by atoms with Gasteiger partial charge in [0.15, 0.2) is 0 Å². The molecule has 1 aliphatic carbocycles. The number of hydrogen-bond donors (Lipinski definition) is 0. The second-order valence-corrected chi connectivity index (χ2v) is 4.45. The van der Waals surface area contributed by atoms with Gasteiger partial charge in [0.2, 0.25) is 0 Å². The van der Waals surface area contributed by atoms with Crippen LogP contribution in [-0.2, 0) is 6.42 Å². The van der Waals surface area contributed by atoms with Crippen molar-refractivity contribution in [3.63, 3.8) is 0 Å². The highest BCUT2D eigenvalue weighted by molar-refractivity contribution is 5.23. The van der Waals surface area contributed by atoms with Crippen LogP contribution in [0, 0.1) is 11.3 Å². The van der Waals surface area contributed by atoms with E-state index in [2.05, 4.69) is 34.9 Å². The van der Waals surface area contributed by atoms with Crippen LogP contribution in [0.25, 0.3) is 0 Å². The molecule has 0 atom stereocenters. The van der Waals surface area contributed by atoms with Gasteiger partial charge in [-0.1, -0.05) is 19.1 Å². The second-order valence-electron chi connectivity index (χ2n) is 4.45. The van der Waals surface area contributed by atoms with Crippen molar-refractivity contribution >= 4 is 0 Å². The summed E-state index contributed by atoms with van der Waals surface area (Å²) in [6.07, 6.45) is 5.00. The molecule has 2 rings (SSSR count). The van der Waals surface area contributed by atoms with Gasteiger partial charge in [-0.15, -0.1) is 5.10 Å². The van der Waals surface area contributed by atoms with Gasteiger partial charge in [-0.25, -0.2) is 4.68 Å². The van der Waals surface area contributed by atoms with Crippen molar-refractivity contribution < 1.29 is 0 Å². The van der Waals surface area contributed by atoms with Crippen molar-refractivity contribution in [2.24, 2.45) is 0 Å². The van der Waals surface area contributed by atoms with E-state index in [1.54, 1.807) is 0 Å². The first kappa shape index (κ1) is 11.1. The minimum absolute atomic E-state index is 0.395. The Balaban J connectivity index is 2.33. The maximum atomic E-state index is 8.78. The average Bonchev–Trinajstić information content (AvgIpc) is 3.05. The van der Waals surface area contributed by atoms with Crippen LogP contribution in [0.2, 0.25) is 0 Å². The first-order chi connectivity index (χ1) is 7.81. The van der Waals surface area contributed by atoms with Crippen molar-refractivity contribution in [3.05, 3.63) is 11.4 Å². The van der Waals surface area contributed by atoms with E-state index in [1.807, 2.05) is 0 Å². The van der Waals surface area contributed by atoms with Crippen molar-refractivity contribution in [1.82, 2.24) is 15.0 Å². The van der Waals surface area contributed by atoms with Gasteiger partial charge in [-0.05, 0) is 25.7 Å². The highest BCUT2D eigenvalue weighted by atomic mass is 15.4. The molecule has 1 saturated carbocycles. The van der Waals surface area contributed by atoms with Crippen LogP contribution in [-0.4, -0.2) is 15.0 Å². The van der Waals surface area contributed by atoms with Gasteiger partial charge in [0, 0.05) is 5.92 Å². The molecule has 0 radical (unpaired) electrons. The van der Waals surface area contributed by atoms with E-state index in [0.717, 1.165) is 18.5 Å². The Bertz CT molecular complexity index is 394. The molecule has 0 amide bonds. The van der Waals surface area contributed by atoms with Crippen LogP contribution in [0.1, 0.15) is 62.9 Å². The first-order valence-corrected chi connectivity index (χ1v) is 6.12. The monoisotopic (exact) mass is 218 g/mol. The average molecular weight is 218 g/mol. The molecule has 0 aliphatic heterocycles. The molecule has 16 heavy (non-hydrogen) atoms. The summed E-state index contributed by atoms with van der Waals surface area (Å²) >= 11 is 0. The Morgan fingerprint density at radius 2 is 2.12 bits per heavy atom. The topological polar surface area (TPSA) is 54.5 Å². The van der Waals surface area contributed by atoms with Gasteiger partial charge < -0.3 is 0 Å². The zero-order valence-corrected chi connectivity index (χ0v) is 9.98. The molecule has 0 unspecified atom stereocenters. The van der Waals surface area contributed by atoms with E-state index in [-0.39, 0.29) is 0 Å². The summed E-state index contributed by atoms with van der Waals surface area (Å²) in [5.41, 5.74) is 2.13. The van der Waals surface area contributed by atoms with E-state index in [0.29, 0.717) is 18.4 Å². The number of rotatable bonds is 5. The molecule has 0 saturated heterocycles. The minimum Gasteiger partial charge on any atom is -0.246 e. The second kappa shape index (κ2) is 4.65. The first-order valence-electron chi connectivity index (χ1n) is 6.12. The van der Waals surface area contributed by atoms with E-state index >= 15 is 0 Å². The van der Waals surface area contributed by atoms with Crippen LogP contribution < -0.4 is 0 Å². The molecule has 4 nitrogen and oxygen atoms in total. The highest BCUT2D eigenvalue weighted by Crippen LogP contribution is 2.42. The van der Waals surface area contributed by atoms with Crippen LogP contribution in [0.15, 0.2) is 0 Å². The summed E-state index contributed by atoms with van der Waals surface area (Å²) in [4.78, 5) is 0. The van der Waals surface area contributed by atoms with Crippen LogP contribution in [0.5, 0.6) is 0 Å². The van der Waals surface area contributed by atoms with Crippen LogP contribution in [0.3, 0.4) is 0 Å². The molecule has 0 bridgehead atoms. The van der Waals surface area contributed by atoms with E-state index < -0.39 is 0 Å². The summed E-state index contributed by atoms with van der Waals surface area (Å²) in [5.74, 6) is 0.610. The number of hydrogen-bond acceptors (Lipinski definition) is 3. The maximum absolute atomic E-state index is 8.78. The Morgan fingerprint density at radius 3 is 2.62 bits per heavy atom. The summed E-state index contributed by atoms with van der Waals surface area (Å²) < 4.78 is 2.07. The van der Waals surface area contributed by atoms with Gasteiger partial charge in [0.1, 0.15) is 5.69 Å². The Labute approximate surface area is 96.3 Å². The summed E-state index contributed by atoms with van der Waals surface area (Å²) in [6.45, 7) is 4.35. The number of aromatic nitrogens is 3. The molecule has 86 valence electrons. The van der Waals surface area contributed by atoms with Crippen LogP contribution >= 0.6 is 0 Å². The highest BCUT2D eigenvalue weighted by Gasteiger charge is 2.32. The fourth-order valence-electron chi connectivity index (χ4n) is 2.22. The predicted molar refractivity (Wildman–Crippen MR) is 60.9 cm³/mol. The molecular formula is C12H18N4. The molecule has 0 N–H and O–H groups in total. The van der Waals surface area contributed by atoms with Crippen molar-refractivity contribution in [2.75, 3.05) is 0 Å². The summed E-state index contributed by atoms with van der Waals surface area (Å²) in [5, 5.41) is 17.2. The lowest BCUT2D eigenvalue weighted by atomic mass is 10.1. The Morgan fingerprint density at radius 1 is 1.44 bits per heavy atom. The molecule has 1 aliphatic rings. The van der Waals surface area contributed by atoms with E-state index in [9.17, 15) is 0 Å². The minimum atomic E-state index is 0.395. The van der Waals surface area contributed by atoms with E-state index in [4.69, 9.17) is 5.26 Å². The van der Waals surface area contributed by atoms with Gasteiger partial charge >= 0.3 is 0 Å². The molecule has 4 heteroatoms. The predicted octanol–water partition coefficient (Wildman–Crippen LogP) is 2.58. The molecule has 0 spiro atoms. The van der Waals surface area contributed by atoms with Crippen molar-refractivity contribution in [1.29, 1.82) is 5.26 Å².